The Morgan fingerprint density at radius 3 is 2.48 bits per heavy atom. The predicted octanol–water partition coefficient (Wildman–Crippen LogP) is 3.82. The first kappa shape index (κ1) is 25.5. The lowest BCUT2D eigenvalue weighted by Gasteiger charge is -2.36. The number of aliphatic hydroxyl groups excluding tert-OH is 1. The maximum absolute atomic E-state index is 9.26. The molecule has 3 heterocycles. The first-order valence-corrected chi connectivity index (χ1v) is 11.0. The highest BCUT2D eigenvalue weighted by Gasteiger charge is 2.20. The van der Waals surface area contributed by atoms with Crippen molar-refractivity contribution in [2.45, 2.75) is 13.0 Å². The van der Waals surface area contributed by atoms with Gasteiger partial charge >= 0.3 is 0 Å². The molecule has 31 heavy (non-hydrogen) atoms. The summed E-state index contributed by atoms with van der Waals surface area (Å²) in [7, 11) is 1.73. The number of halogens is 2. The van der Waals surface area contributed by atoms with Crippen LogP contribution in [0.1, 0.15) is 5.56 Å². The van der Waals surface area contributed by atoms with Crippen molar-refractivity contribution in [3.05, 3.63) is 53.5 Å². The van der Waals surface area contributed by atoms with Crippen LogP contribution in [0.3, 0.4) is 0 Å². The third-order valence-corrected chi connectivity index (χ3v) is 6.29. The van der Waals surface area contributed by atoms with Crippen LogP contribution in [-0.2, 0) is 13.0 Å². The number of para-hydroxylation sites is 2. The van der Waals surface area contributed by atoms with Gasteiger partial charge in [-0.25, -0.2) is 0 Å². The molecule has 4 rings (SSSR count). The molecule has 0 spiro atoms. The number of ether oxygens (including phenoxy) is 1. The van der Waals surface area contributed by atoms with Crippen LogP contribution in [0.2, 0.25) is 0 Å². The summed E-state index contributed by atoms with van der Waals surface area (Å²) in [4.78, 5) is 6.12. The molecule has 2 aromatic heterocycles. The molecule has 1 aliphatic heterocycles. The summed E-state index contributed by atoms with van der Waals surface area (Å²) in [5, 5.41) is 16.0. The van der Waals surface area contributed by atoms with E-state index in [1.54, 1.807) is 18.4 Å². The van der Waals surface area contributed by atoms with Gasteiger partial charge in [-0.2, -0.15) is 5.10 Å². The number of piperazine rings is 1. The average Bonchev–Trinajstić information content (AvgIpc) is 3.43. The van der Waals surface area contributed by atoms with Gasteiger partial charge in [0.2, 0.25) is 0 Å². The van der Waals surface area contributed by atoms with Crippen molar-refractivity contribution in [2.24, 2.45) is 0 Å². The minimum atomic E-state index is 0. The number of anilines is 1. The standard InChI is InChI=1S/C22H28N4O2S.2ClH/c1-28-20-6-3-2-5-19(20)25-12-10-24(11-13-25)9-8-18-17-26(14-15-27)23-22(18)21-7-4-16-29-21;;/h2-7,16-17,27H,8-15H2,1H3;2*1H. The number of nitrogens with zero attached hydrogens (tertiary/aromatic N) is 4. The molecule has 1 saturated heterocycles. The monoisotopic (exact) mass is 484 g/mol. The first-order valence-electron chi connectivity index (χ1n) is 10.1. The highest BCUT2D eigenvalue weighted by molar-refractivity contribution is 7.13. The molecule has 170 valence electrons. The van der Waals surface area contributed by atoms with Gasteiger partial charge in [-0.3, -0.25) is 9.58 Å². The van der Waals surface area contributed by atoms with Crippen molar-refractivity contribution in [3.63, 3.8) is 0 Å². The molecular weight excluding hydrogens is 455 g/mol. The maximum atomic E-state index is 9.26. The predicted molar refractivity (Wildman–Crippen MR) is 132 cm³/mol. The Kier molecular flexibility index (Phi) is 10.1. The fourth-order valence-corrected chi connectivity index (χ4v) is 4.61. The van der Waals surface area contributed by atoms with Crippen molar-refractivity contribution in [2.75, 3.05) is 51.3 Å². The zero-order valence-corrected chi connectivity index (χ0v) is 20.1. The molecule has 1 aromatic carbocycles. The topological polar surface area (TPSA) is 53.8 Å². The van der Waals surface area contributed by atoms with E-state index in [-0.39, 0.29) is 31.4 Å². The summed E-state index contributed by atoms with van der Waals surface area (Å²) in [6.07, 6.45) is 3.06. The number of aliphatic hydroxyl groups is 1. The van der Waals surface area contributed by atoms with Gasteiger partial charge in [0.25, 0.3) is 0 Å². The van der Waals surface area contributed by atoms with Crippen molar-refractivity contribution in [1.29, 1.82) is 0 Å². The molecule has 0 radical (unpaired) electrons. The second kappa shape index (κ2) is 12.3. The van der Waals surface area contributed by atoms with Gasteiger partial charge in [-0.05, 0) is 30.0 Å². The lowest BCUT2D eigenvalue weighted by Crippen LogP contribution is -2.47. The number of aromatic nitrogens is 2. The lowest BCUT2D eigenvalue weighted by atomic mass is 10.1. The molecule has 0 aliphatic carbocycles. The summed E-state index contributed by atoms with van der Waals surface area (Å²) in [6, 6.07) is 12.4. The number of benzene rings is 1. The minimum Gasteiger partial charge on any atom is -0.495 e. The van der Waals surface area contributed by atoms with Crippen LogP contribution < -0.4 is 9.64 Å². The van der Waals surface area contributed by atoms with E-state index in [0.29, 0.717) is 6.54 Å². The van der Waals surface area contributed by atoms with E-state index in [4.69, 9.17) is 9.84 Å². The van der Waals surface area contributed by atoms with Crippen LogP contribution in [0.4, 0.5) is 5.69 Å². The molecule has 6 nitrogen and oxygen atoms in total. The van der Waals surface area contributed by atoms with Crippen molar-refractivity contribution >= 4 is 41.8 Å². The number of hydrogen-bond acceptors (Lipinski definition) is 6. The molecule has 0 bridgehead atoms. The van der Waals surface area contributed by atoms with E-state index in [0.717, 1.165) is 50.6 Å². The van der Waals surface area contributed by atoms with E-state index in [2.05, 4.69) is 45.6 Å². The molecule has 0 saturated carbocycles. The summed E-state index contributed by atoms with van der Waals surface area (Å²) in [6.45, 7) is 5.74. The Morgan fingerprint density at radius 2 is 1.81 bits per heavy atom. The first-order chi connectivity index (χ1) is 14.3. The summed E-state index contributed by atoms with van der Waals surface area (Å²) >= 11 is 1.71. The molecule has 1 aliphatic rings. The molecule has 1 fully saturated rings. The summed E-state index contributed by atoms with van der Waals surface area (Å²) in [5.41, 5.74) is 3.49. The van der Waals surface area contributed by atoms with Gasteiger partial charge in [0.1, 0.15) is 11.4 Å². The van der Waals surface area contributed by atoms with E-state index in [9.17, 15) is 5.11 Å². The largest absolute Gasteiger partial charge is 0.495 e. The van der Waals surface area contributed by atoms with Crippen LogP contribution in [0.5, 0.6) is 5.75 Å². The van der Waals surface area contributed by atoms with Crippen molar-refractivity contribution < 1.29 is 9.84 Å². The Bertz CT molecular complexity index is 912. The smallest absolute Gasteiger partial charge is 0.142 e. The second-order valence-corrected chi connectivity index (χ2v) is 8.17. The van der Waals surface area contributed by atoms with E-state index >= 15 is 0 Å². The Labute approximate surface area is 200 Å². The highest BCUT2D eigenvalue weighted by Crippen LogP contribution is 2.29. The van der Waals surface area contributed by atoms with Crippen molar-refractivity contribution in [3.8, 4) is 16.3 Å². The SMILES string of the molecule is COc1ccccc1N1CCN(CCc2cn(CCO)nc2-c2cccs2)CC1.Cl.Cl. The molecule has 0 atom stereocenters. The number of thiophene rings is 1. The third-order valence-electron chi connectivity index (χ3n) is 5.42. The van der Waals surface area contributed by atoms with Gasteiger partial charge in [0.15, 0.2) is 0 Å². The summed E-state index contributed by atoms with van der Waals surface area (Å²) in [5.74, 6) is 0.942. The van der Waals surface area contributed by atoms with Gasteiger partial charge < -0.3 is 14.7 Å². The molecule has 0 unspecified atom stereocenters. The maximum Gasteiger partial charge on any atom is 0.142 e. The fourth-order valence-electron chi connectivity index (χ4n) is 3.87. The molecular formula is C22H30Cl2N4O2S. The Hall–Kier alpha value is -1.77. The second-order valence-electron chi connectivity index (χ2n) is 7.22. The number of hydrogen-bond donors (Lipinski definition) is 1. The van der Waals surface area contributed by atoms with Gasteiger partial charge in [0.05, 0.1) is 30.8 Å². The molecule has 3 aromatic rings. The third kappa shape index (κ3) is 6.14. The highest BCUT2D eigenvalue weighted by atomic mass is 35.5. The van der Waals surface area contributed by atoms with Gasteiger partial charge in [0, 0.05) is 44.5 Å². The fraction of sp³-hybridized carbons (Fsp3) is 0.409. The van der Waals surface area contributed by atoms with Crippen LogP contribution in [0.25, 0.3) is 10.6 Å². The van der Waals surface area contributed by atoms with Gasteiger partial charge in [-0.15, -0.1) is 36.2 Å². The van der Waals surface area contributed by atoms with E-state index < -0.39 is 0 Å². The van der Waals surface area contributed by atoms with E-state index in [1.807, 2.05) is 16.8 Å². The lowest BCUT2D eigenvalue weighted by molar-refractivity contribution is 0.260. The number of methoxy groups -OCH3 is 1. The zero-order valence-electron chi connectivity index (χ0n) is 17.6. The molecule has 1 N–H and O–H groups in total. The molecule has 9 heteroatoms. The van der Waals surface area contributed by atoms with Crippen LogP contribution in [-0.4, -0.2) is 66.2 Å². The van der Waals surface area contributed by atoms with Crippen molar-refractivity contribution in [1.82, 2.24) is 14.7 Å². The average molecular weight is 485 g/mol. The van der Waals surface area contributed by atoms with Crippen LogP contribution in [0, 0.1) is 0 Å². The van der Waals surface area contributed by atoms with E-state index in [1.165, 1.54) is 16.1 Å². The molecule has 0 amide bonds. The van der Waals surface area contributed by atoms with Gasteiger partial charge in [-0.1, -0.05) is 18.2 Å². The Morgan fingerprint density at radius 1 is 1.03 bits per heavy atom. The number of rotatable bonds is 8. The minimum absolute atomic E-state index is 0. The Balaban J connectivity index is 0.00000171. The van der Waals surface area contributed by atoms with Crippen LogP contribution in [0.15, 0.2) is 48.0 Å². The quantitative estimate of drug-likeness (QED) is 0.526. The normalized spacial score (nSPS) is 14.1. The zero-order chi connectivity index (χ0) is 20.1. The summed E-state index contributed by atoms with van der Waals surface area (Å²) < 4.78 is 7.39. The van der Waals surface area contributed by atoms with Crippen LogP contribution >= 0.6 is 36.2 Å².